The summed E-state index contributed by atoms with van der Waals surface area (Å²) in [6.07, 6.45) is 3.77. The lowest BCUT2D eigenvalue weighted by Crippen LogP contribution is -2.38. The molecule has 7 nitrogen and oxygen atoms in total. The fraction of sp³-hybridized carbons (Fsp3) is 0.381. The third kappa shape index (κ3) is 3.76. The monoisotopic (exact) mass is 378 g/mol. The fourth-order valence-electron chi connectivity index (χ4n) is 3.90. The van der Waals surface area contributed by atoms with Gasteiger partial charge in [-0.3, -0.25) is 4.98 Å². The van der Waals surface area contributed by atoms with Crippen LogP contribution in [-0.2, 0) is 6.54 Å². The van der Waals surface area contributed by atoms with E-state index in [0.717, 1.165) is 42.0 Å². The Balaban J connectivity index is 1.47. The molecule has 1 aliphatic rings. The molecule has 1 saturated heterocycles. The van der Waals surface area contributed by atoms with Gasteiger partial charge < -0.3 is 20.6 Å². The maximum atomic E-state index is 10.2. The van der Waals surface area contributed by atoms with Gasteiger partial charge in [0.15, 0.2) is 0 Å². The molecular weight excluding hydrogens is 352 g/mol. The van der Waals surface area contributed by atoms with Crippen LogP contribution >= 0.6 is 0 Å². The molecule has 1 fully saturated rings. The largest absolute Gasteiger partial charge is 0.391 e. The van der Waals surface area contributed by atoms with Crippen molar-refractivity contribution in [2.45, 2.75) is 32.0 Å². The molecule has 0 amide bonds. The summed E-state index contributed by atoms with van der Waals surface area (Å²) in [5.41, 5.74) is 3.51. The van der Waals surface area contributed by atoms with Gasteiger partial charge in [0.05, 0.1) is 11.6 Å². The molecule has 28 heavy (non-hydrogen) atoms. The van der Waals surface area contributed by atoms with Crippen molar-refractivity contribution in [1.82, 2.24) is 20.3 Å². The zero-order valence-electron chi connectivity index (χ0n) is 16.3. The molecule has 2 aromatic heterocycles. The molecule has 1 aromatic carbocycles. The van der Waals surface area contributed by atoms with Gasteiger partial charge in [0.1, 0.15) is 18.0 Å². The van der Waals surface area contributed by atoms with Crippen molar-refractivity contribution in [2.24, 2.45) is 0 Å². The number of hydrogen-bond donors (Lipinski definition) is 3. The number of aliphatic hydroxyl groups is 1. The topological polar surface area (TPSA) is 86.2 Å². The molecule has 1 aliphatic heterocycles. The van der Waals surface area contributed by atoms with E-state index in [2.05, 4.69) is 55.6 Å². The molecule has 3 aromatic rings. The molecule has 0 saturated carbocycles. The summed E-state index contributed by atoms with van der Waals surface area (Å²) in [6, 6.07) is 10.4. The molecule has 3 N–H and O–H groups in total. The molecule has 3 heterocycles. The van der Waals surface area contributed by atoms with Gasteiger partial charge in [0.25, 0.3) is 0 Å². The van der Waals surface area contributed by atoms with E-state index in [-0.39, 0.29) is 12.1 Å². The third-order valence-electron chi connectivity index (χ3n) is 5.39. The summed E-state index contributed by atoms with van der Waals surface area (Å²) in [5, 5.41) is 18.0. The van der Waals surface area contributed by atoms with Crippen LogP contribution in [0.4, 0.5) is 11.6 Å². The summed E-state index contributed by atoms with van der Waals surface area (Å²) in [4.78, 5) is 15.3. The first-order valence-electron chi connectivity index (χ1n) is 9.64. The minimum absolute atomic E-state index is 0.179. The molecule has 4 rings (SSSR count). The number of rotatable bonds is 6. The fourth-order valence-corrected chi connectivity index (χ4v) is 3.90. The number of aliphatic hydroxyl groups excluding tert-OH is 1. The van der Waals surface area contributed by atoms with Crippen LogP contribution in [0.3, 0.4) is 0 Å². The van der Waals surface area contributed by atoms with Crippen molar-refractivity contribution in [2.75, 3.05) is 30.4 Å². The minimum atomic E-state index is -0.347. The summed E-state index contributed by atoms with van der Waals surface area (Å²) in [7, 11) is 1.84. The quantitative estimate of drug-likeness (QED) is 0.606. The predicted octanol–water partition coefficient (Wildman–Crippen LogP) is 2.10. The number of hydrogen-bond acceptors (Lipinski definition) is 7. The summed E-state index contributed by atoms with van der Waals surface area (Å²) in [5.74, 6) is 1.61. The third-order valence-corrected chi connectivity index (χ3v) is 5.39. The second-order valence-corrected chi connectivity index (χ2v) is 7.27. The number of nitrogens with zero attached hydrogens (tertiary/aromatic N) is 4. The van der Waals surface area contributed by atoms with E-state index < -0.39 is 0 Å². The average molecular weight is 378 g/mol. The van der Waals surface area contributed by atoms with E-state index in [1.807, 2.05) is 25.4 Å². The smallest absolute Gasteiger partial charge is 0.134 e. The minimum Gasteiger partial charge on any atom is -0.391 e. The molecule has 0 unspecified atom stereocenters. The van der Waals surface area contributed by atoms with Crippen LogP contribution in [0.15, 0.2) is 42.9 Å². The van der Waals surface area contributed by atoms with Crippen LogP contribution in [0, 0.1) is 6.92 Å². The van der Waals surface area contributed by atoms with Crippen molar-refractivity contribution < 1.29 is 5.11 Å². The SMILES string of the molecule is CNc1cc(N2C[C@H](O)C[C@@H]2CNCc2c(C)ccc3cccnc23)ncn1. The lowest BCUT2D eigenvalue weighted by atomic mass is 10.0. The number of benzene rings is 1. The predicted molar refractivity (Wildman–Crippen MR) is 112 cm³/mol. The lowest BCUT2D eigenvalue weighted by molar-refractivity contribution is 0.194. The number of pyridine rings is 1. The molecule has 0 spiro atoms. The maximum absolute atomic E-state index is 10.2. The Morgan fingerprint density at radius 2 is 2.11 bits per heavy atom. The van der Waals surface area contributed by atoms with Gasteiger partial charge in [0.2, 0.25) is 0 Å². The number of β-amino-alcohol motifs (C(OH)–C–C–N with tert-alkyl or cyclic N) is 1. The molecule has 146 valence electrons. The van der Waals surface area contributed by atoms with Crippen molar-refractivity contribution in [3.8, 4) is 0 Å². The van der Waals surface area contributed by atoms with Gasteiger partial charge in [-0.15, -0.1) is 0 Å². The van der Waals surface area contributed by atoms with Crippen LogP contribution in [0.1, 0.15) is 17.5 Å². The van der Waals surface area contributed by atoms with E-state index >= 15 is 0 Å². The number of aryl methyl sites for hydroxylation is 1. The standard InChI is InChI=1S/C21H26N6O/c1-14-5-6-15-4-3-7-24-21(15)18(14)11-23-10-16-8-17(28)12-27(16)20-9-19(22-2)25-13-26-20/h3-7,9,13,16-17,23,28H,8,10-12H2,1-2H3,(H,22,25,26)/t16-,17-/m1/s1. The first-order chi connectivity index (χ1) is 13.7. The van der Waals surface area contributed by atoms with Gasteiger partial charge in [-0.25, -0.2) is 9.97 Å². The zero-order chi connectivity index (χ0) is 19.5. The van der Waals surface area contributed by atoms with Crippen molar-refractivity contribution in [3.63, 3.8) is 0 Å². The Labute approximate surface area is 164 Å². The highest BCUT2D eigenvalue weighted by atomic mass is 16.3. The van der Waals surface area contributed by atoms with E-state index in [9.17, 15) is 5.11 Å². The van der Waals surface area contributed by atoms with Crippen molar-refractivity contribution >= 4 is 22.5 Å². The first-order valence-corrected chi connectivity index (χ1v) is 9.64. The first kappa shape index (κ1) is 18.6. The Bertz CT molecular complexity index is 963. The normalized spacial score (nSPS) is 19.3. The lowest BCUT2D eigenvalue weighted by Gasteiger charge is -2.26. The zero-order valence-corrected chi connectivity index (χ0v) is 16.3. The van der Waals surface area contributed by atoms with Gasteiger partial charge >= 0.3 is 0 Å². The van der Waals surface area contributed by atoms with Crippen LogP contribution < -0.4 is 15.5 Å². The van der Waals surface area contributed by atoms with E-state index in [1.54, 1.807) is 6.33 Å². The Morgan fingerprint density at radius 3 is 2.96 bits per heavy atom. The number of anilines is 2. The second kappa shape index (κ2) is 8.08. The van der Waals surface area contributed by atoms with Crippen LogP contribution in [0.5, 0.6) is 0 Å². The van der Waals surface area contributed by atoms with Crippen molar-refractivity contribution in [3.05, 3.63) is 54.0 Å². The summed E-state index contributed by atoms with van der Waals surface area (Å²) in [6.45, 7) is 4.21. The van der Waals surface area contributed by atoms with Gasteiger partial charge in [-0.2, -0.15) is 0 Å². The molecule has 7 heteroatoms. The van der Waals surface area contributed by atoms with E-state index in [1.165, 1.54) is 11.1 Å². The second-order valence-electron chi connectivity index (χ2n) is 7.27. The highest BCUT2D eigenvalue weighted by molar-refractivity contribution is 5.82. The molecule has 2 atom stereocenters. The average Bonchev–Trinajstić information content (AvgIpc) is 3.10. The summed E-state index contributed by atoms with van der Waals surface area (Å²) < 4.78 is 0. The van der Waals surface area contributed by atoms with Crippen molar-refractivity contribution in [1.29, 1.82) is 0 Å². The Morgan fingerprint density at radius 1 is 1.21 bits per heavy atom. The van der Waals surface area contributed by atoms with Crippen LogP contribution in [0.2, 0.25) is 0 Å². The van der Waals surface area contributed by atoms with Gasteiger partial charge in [-0.05, 0) is 30.5 Å². The van der Waals surface area contributed by atoms with Crippen LogP contribution in [-0.4, -0.2) is 52.3 Å². The van der Waals surface area contributed by atoms with E-state index in [0.29, 0.717) is 6.54 Å². The van der Waals surface area contributed by atoms with Crippen LogP contribution in [0.25, 0.3) is 10.9 Å². The number of fused-ring (bicyclic) bond motifs is 1. The maximum Gasteiger partial charge on any atom is 0.134 e. The van der Waals surface area contributed by atoms with E-state index in [4.69, 9.17) is 0 Å². The molecular formula is C21H26N6O. The molecule has 0 aliphatic carbocycles. The highest BCUT2D eigenvalue weighted by Crippen LogP contribution is 2.25. The summed E-state index contributed by atoms with van der Waals surface area (Å²) >= 11 is 0. The Hall–Kier alpha value is -2.77. The molecule has 0 bridgehead atoms. The number of nitrogens with one attached hydrogen (secondary N) is 2. The Kier molecular flexibility index (Phi) is 5.36. The van der Waals surface area contributed by atoms with Gasteiger partial charge in [-0.1, -0.05) is 18.2 Å². The highest BCUT2D eigenvalue weighted by Gasteiger charge is 2.31. The van der Waals surface area contributed by atoms with Gasteiger partial charge in [0, 0.05) is 50.4 Å². The molecule has 0 radical (unpaired) electrons. The number of aromatic nitrogens is 3.